The fraction of sp³-hybridized carbons (Fsp3) is 0.240. The van der Waals surface area contributed by atoms with E-state index in [0.29, 0.717) is 47.7 Å². The molecule has 0 atom stereocenters. The summed E-state index contributed by atoms with van der Waals surface area (Å²) in [7, 11) is 0. The van der Waals surface area contributed by atoms with Gasteiger partial charge in [0.2, 0.25) is 0 Å². The molecule has 0 radical (unpaired) electrons. The number of nitrogens with zero attached hydrogens (tertiary/aromatic N) is 4. The number of fused-ring (bicyclic) bond motifs is 1. The van der Waals surface area contributed by atoms with Crippen molar-refractivity contribution in [2.24, 2.45) is 0 Å². The van der Waals surface area contributed by atoms with Crippen LogP contribution in [0.4, 0.5) is 4.39 Å². The Morgan fingerprint density at radius 1 is 1.09 bits per heavy atom. The van der Waals surface area contributed by atoms with Gasteiger partial charge in [-0.05, 0) is 55.3 Å². The topological polar surface area (TPSA) is 80.4 Å². The molecule has 0 saturated carbocycles. The van der Waals surface area contributed by atoms with Crippen molar-refractivity contribution >= 4 is 28.5 Å². The van der Waals surface area contributed by atoms with Crippen LogP contribution in [0.5, 0.6) is 0 Å². The molecule has 1 fully saturated rings. The quantitative estimate of drug-likeness (QED) is 0.483. The monoisotopic (exact) mass is 480 g/mol. The molecule has 0 unspecified atom stereocenters. The zero-order valence-corrected chi connectivity index (χ0v) is 19.0. The third-order valence-electron chi connectivity index (χ3n) is 6.29. The number of amides is 1. The Bertz CT molecular complexity index is 1410. The van der Waals surface area contributed by atoms with Crippen molar-refractivity contribution in [3.63, 3.8) is 0 Å². The van der Waals surface area contributed by atoms with Crippen LogP contribution in [0, 0.1) is 5.82 Å². The molecule has 1 N–H and O–H groups in total. The number of aliphatic hydroxyl groups is 1. The highest BCUT2D eigenvalue weighted by atomic mass is 35.5. The van der Waals surface area contributed by atoms with Crippen molar-refractivity contribution < 1.29 is 14.3 Å². The molecule has 7 nitrogen and oxygen atoms in total. The van der Waals surface area contributed by atoms with Gasteiger partial charge < -0.3 is 10.0 Å². The molecule has 0 spiro atoms. The first-order valence-electron chi connectivity index (χ1n) is 10.9. The summed E-state index contributed by atoms with van der Waals surface area (Å²) in [4.78, 5) is 31.9. The lowest BCUT2D eigenvalue weighted by Crippen LogP contribution is -2.49. The maximum absolute atomic E-state index is 13.2. The molecule has 1 saturated heterocycles. The van der Waals surface area contributed by atoms with Crippen molar-refractivity contribution in [1.82, 2.24) is 19.0 Å². The molecule has 3 heterocycles. The van der Waals surface area contributed by atoms with Crippen molar-refractivity contribution in [2.75, 3.05) is 13.1 Å². The van der Waals surface area contributed by atoms with Crippen molar-refractivity contribution in [1.29, 1.82) is 0 Å². The standard InChI is InChI=1S/C25H22ClFN4O3/c26-21-14-20-22(31(21)19-4-2-1-3-5-19)28-16-30(24(20)33)15-25(34)10-12-29(13-11-25)23(32)17-6-8-18(27)9-7-17/h1-9,14,16,34H,10-13,15H2. The Morgan fingerprint density at radius 3 is 2.44 bits per heavy atom. The van der Waals surface area contributed by atoms with Crippen LogP contribution in [0.1, 0.15) is 23.2 Å². The van der Waals surface area contributed by atoms with Gasteiger partial charge in [0.05, 0.1) is 17.5 Å². The van der Waals surface area contributed by atoms with Crippen LogP contribution < -0.4 is 5.56 Å². The van der Waals surface area contributed by atoms with Gasteiger partial charge >= 0.3 is 0 Å². The number of aromatic nitrogens is 3. The average molecular weight is 481 g/mol. The van der Waals surface area contributed by atoms with E-state index in [4.69, 9.17) is 11.6 Å². The van der Waals surface area contributed by atoms with Crippen LogP contribution in [0.3, 0.4) is 0 Å². The van der Waals surface area contributed by atoms with Crippen molar-refractivity contribution in [3.05, 3.63) is 93.9 Å². The molecule has 1 aliphatic heterocycles. The number of para-hydroxylation sites is 1. The number of rotatable bonds is 4. The fourth-order valence-corrected chi connectivity index (χ4v) is 4.68. The highest BCUT2D eigenvalue weighted by molar-refractivity contribution is 6.31. The van der Waals surface area contributed by atoms with Crippen LogP contribution >= 0.6 is 11.6 Å². The Labute approximate surface area is 199 Å². The number of hydrogen-bond acceptors (Lipinski definition) is 4. The minimum atomic E-state index is -1.16. The molecule has 0 bridgehead atoms. The lowest BCUT2D eigenvalue weighted by Gasteiger charge is -2.38. The predicted molar refractivity (Wildman–Crippen MR) is 127 cm³/mol. The summed E-state index contributed by atoms with van der Waals surface area (Å²) in [6.45, 7) is 0.710. The first-order valence-corrected chi connectivity index (χ1v) is 11.3. The Morgan fingerprint density at radius 2 is 1.76 bits per heavy atom. The first-order chi connectivity index (χ1) is 16.3. The second-order valence-electron chi connectivity index (χ2n) is 8.58. The van der Waals surface area contributed by atoms with Gasteiger partial charge in [0.15, 0.2) is 5.65 Å². The van der Waals surface area contributed by atoms with Crippen LogP contribution in [0.25, 0.3) is 16.7 Å². The number of benzene rings is 2. The lowest BCUT2D eigenvalue weighted by atomic mass is 9.91. The van der Waals surface area contributed by atoms with E-state index in [0.717, 1.165) is 5.69 Å². The number of piperidine rings is 1. The van der Waals surface area contributed by atoms with E-state index < -0.39 is 11.4 Å². The molecular formula is C25H22ClFN4O3. The van der Waals surface area contributed by atoms with Crippen molar-refractivity contribution in [2.45, 2.75) is 25.0 Å². The van der Waals surface area contributed by atoms with E-state index in [1.54, 1.807) is 15.5 Å². The molecule has 174 valence electrons. The molecule has 9 heteroatoms. The van der Waals surface area contributed by atoms with Gasteiger partial charge in [-0.1, -0.05) is 29.8 Å². The molecule has 2 aromatic heterocycles. The summed E-state index contributed by atoms with van der Waals surface area (Å²) in [5, 5.41) is 11.9. The normalized spacial score (nSPS) is 15.6. The van der Waals surface area contributed by atoms with Gasteiger partial charge in [0.25, 0.3) is 11.5 Å². The highest BCUT2D eigenvalue weighted by Gasteiger charge is 2.35. The summed E-state index contributed by atoms with van der Waals surface area (Å²) in [6.07, 6.45) is 2.03. The maximum Gasteiger partial charge on any atom is 0.262 e. The molecular weight excluding hydrogens is 459 g/mol. The van der Waals surface area contributed by atoms with Gasteiger partial charge in [0, 0.05) is 24.3 Å². The molecule has 0 aliphatic carbocycles. The zero-order chi connectivity index (χ0) is 23.9. The third-order valence-corrected chi connectivity index (χ3v) is 6.57. The van der Waals surface area contributed by atoms with E-state index in [1.807, 2.05) is 30.3 Å². The second-order valence-corrected chi connectivity index (χ2v) is 8.96. The molecule has 2 aromatic carbocycles. The minimum absolute atomic E-state index is 0.0570. The maximum atomic E-state index is 13.2. The largest absolute Gasteiger partial charge is 0.388 e. The summed E-state index contributed by atoms with van der Waals surface area (Å²) in [6, 6.07) is 16.4. The van der Waals surface area contributed by atoms with Gasteiger partial charge in [-0.25, -0.2) is 9.37 Å². The molecule has 5 rings (SSSR count). The third kappa shape index (κ3) is 4.10. The number of carbonyl (C=O) groups is 1. The van der Waals surface area contributed by atoms with E-state index in [9.17, 15) is 19.1 Å². The summed E-state index contributed by atoms with van der Waals surface area (Å²) in [5.74, 6) is -0.611. The van der Waals surface area contributed by atoms with Crippen LogP contribution in [0.15, 0.2) is 71.8 Å². The van der Waals surface area contributed by atoms with Crippen LogP contribution in [0.2, 0.25) is 5.15 Å². The highest BCUT2D eigenvalue weighted by Crippen LogP contribution is 2.27. The lowest BCUT2D eigenvalue weighted by molar-refractivity contribution is -0.0299. The first kappa shape index (κ1) is 22.3. The predicted octanol–water partition coefficient (Wildman–Crippen LogP) is 3.65. The smallest absolute Gasteiger partial charge is 0.262 e. The van der Waals surface area contributed by atoms with E-state index in [2.05, 4.69) is 4.98 Å². The van der Waals surface area contributed by atoms with E-state index in [-0.39, 0.29) is 18.0 Å². The number of hydrogen-bond donors (Lipinski definition) is 1. The summed E-state index contributed by atoms with van der Waals surface area (Å²) < 4.78 is 16.2. The van der Waals surface area contributed by atoms with Gasteiger partial charge in [-0.15, -0.1) is 0 Å². The van der Waals surface area contributed by atoms with E-state index >= 15 is 0 Å². The molecule has 34 heavy (non-hydrogen) atoms. The van der Waals surface area contributed by atoms with Crippen LogP contribution in [-0.2, 0) is 6.54 Å². The van der Waals surface area contributed by atoms with E-state index in [1.165, 1.54) is 35.2 Å². The molecule has 1 aliphatic rings. The average Bonchev–Trinajstić information content (AvgIpc) is 3.18. The SMILES string of the molecule is O=C(c1ccc(F)cc1)N1CCC(O)(Cn2cnc3c(cc(Cl)n3-c3ccccc3)c2=O)CC1. The number of likely N-dealkylation sites (tertiary alicyclic amines) is 1. The van der Waals surface area contributed by atoms with Crippen molar-refractivity contribution in [3.8, 4) is 5.69 Å². The number of halogens is 2. The Kier molecular flexibility index (Phi) is 5.71. The summed E-state index contributed by atoms with van der Waals surface area (Å²) in [5.41, 5.74) is 0.190. The Hall–Kier alpha value is -3.49. The minimum Gasteiger partial charge on any atom is -0.388 e. The fourth-order valence-electron chi connectivity index (χ4n) is 4.40. The van der Waals surface area contributed by atoms with Crippen LogP contribution in [-0.4, -0.2) is 48.7 Å². The second kappa shape index (κ2) is 8.70. The van der Waals surface area contributed by atoms with Gasteiger partial charge in [0.1, 0.15) is 17.3 Å². The van der Waals surface area contributed by atoms with Gasteiger partial charge in [-0.2, -0.15) is 0 Å². The Balaban J connectivity index is 1.34. The molecule has 1 amide bonds. The number of carbonyl (C=O) groups excluding carboxylic acids is 1. The summed E-state index contributed by atoms with van der Waals surface area (Å²) >= 11 is 6.42. The molecule has 4 aromatic rings. The zero-order valence-electron chi connectivity index (χ0n) is 18.2. The van der Waals surface area contributed by atoms with Gasteiger partial charge in [-0.3, -0.25) is 18.7 Å².